The van der Waals surface area contributed by atoms with Crippen molar-refractivity contribution in [1.29, 1.82) is 0 Å². The number of aromatic nitrogens is 2. The van der Waals surface area contributed by atoms with E-state index >= 15 is 0 Å². The van der Waals surface area contributed by atoms with Crippen LogP contribution in [0.15, 0.2) is 47.4 Å². The molecule has 0 aliphatic carbocycles. The number of para-hydroxylation sites is 2. The van der Waals surface area contributed by atoms with Crippen LogP contribution in [0.5, 0.6) is 0 Å². The second kappa shape index (κ2) is 7.14. The Kier molecular flexibility index (Phi) is 4.72. The smallest absolute Gasteiger partial charge is 0.159 e. The van der Waals surface area contributed by atoms with Crippen molar-refractivity contribution >= 4 is 22.8 Å². The molecule has 6 heteroatoms. The zero-order valence-electron chi connectivity index (χ0n) is 13.8. The zero-order valence-corrected chi connectivity index (χ0v) is 14.6. The lowest BCUT2D eigenvalue weighted by molar-refractivity contribution is 0.220. The monoisotopic (exact) mass is 359 g/mol. The SMILES string of the molecule is Fc1ccc(SCCCN2CCn3c(nc4ccccc43)C2)cc1F. The third-order valence-electron chi connectivity index (χ3n) is 4.52. The summed E-state index contributed by atoms with van der Waals surface area (Å²) < 4.78 is 28.4. The van der Waals surface area contributed by atoms with E-state index in [0.717, 1.165) is 54.6 Å². The van der Waals surface area contributed by atoms with Crippen molar-refractivity contribution in [3.8, 4) is 0 Å². The van der Waals surface area contributed by atoms with Gasteiger partial charge in [0.15, 0.2) is 11.6 Å². The first kappa shape index (κ1) is 16.5. The van der Waals surface area contributed by atoms with Gasteiger partial charge in [0, 0.05) is 18.0 Å². The first-order valence-electron chi connectivity index (χ1n) is 8.45. The molecule has 0 saturated heterocycles. The molecule has 0 saturated carbocycles. The van der Waals surface area contributed by atoms with Gasteiger partial charge in [0.25, 0.3) is 0 Å². The van der Waals surface area contributed by atoms with Crippen molar-refractivity contribution in [3.05, 3.63) is 59.9 Å². The van der Waals surface area contributed by atoms with Gasteiger partial charge in [0.2, 0.25) is 0 Å². The number of hydrogen-bond acceptors (Lipinski definition) is 3. The maximum Gasteiger partial charge on any atom is 0.159 e. The topological polar surface area (TPSA) is 21.1 Å². The van der Waals surface area contributed by atoms with E-state index in [1.807, 2.05) is 6.07 Å². The van der Waals surface area contributed by atoms with Crippen LogP contribution < -0.4 is 0 Å². The molecule has 25 heavy (non-hydrogen) atoms. The Balaban J connectivity index is 1.30. The summed E-state index contributed by atoms with van der Waals surface area (Å²) in [4.78, 5) is 7.92. The fourth-order valence-corrected chi connectivity index (χ4v) is 4.11. The molecule has 0 radical (unpaired) electrons. The van der Waals surface area contributed by atoms with Crippen molar-refractivity contribution in [2.75, 3.05) is 18.8 Å². The summed E-state index contributed by atoms with van der Waals surface area (Å²) in [6, 6.07) is 12.3. The number of halogens is 2. The molecule has 1 aliphatic heterocycles. The summed E-state index contributed by atoms with van der Waals surface area (Å²) in [5.74, 6) is 0.444. The zero-order chi connectivity index (χ0) is 17.2. The van der Waals surface area contributed by atoms with Crippen molar-refractivity contribution in [1.82, 2.24) is 14.5 Å². The predicted octanol–water partition coefficient (Wildman–Crippen LogP) is 4.31. The number of benzene rings is 2. The average Bonchev–Trinajstić information content (AvgIpc) is 2.99. The molecule has 0 unspecified atom stereocenters. The second-order valence-corrected chi connectivity index (χ2v) is 7.39. The molecule has 2 aromatic carbocycles. The summed E-state index contributed by atoms with van der Waals surface area (Å²) in [6.45, 7) is 3.83. The Hall–Kier alpha value is -1.92. The predicted molar refractivity (Wildman–Crippen MR) is 96.7 cm³/mol. The highest BCUT2D eigenvalue weighted by molar-refractivity contribution is 7.99. The van der Waals surface area contributed by atoms with E-state index in [2.05, 4.69) is 27.7 Å². The molecule has 0 N–H and O–H groups in total. The van der Waals surface area contributed by atoms with Crippen LogP contribution in [0.3, 0.4) is 0 Å². The van der Waals surface area contributed by atoms with Gasteiger partial charge in [0.1, 0.15) is 5.82 Å². The minimum absolute atomic E-state index is 0.777. The lowest BCUT2D eigenvalue weighted by atomic mass is 10.3. The minimum atomic E-state index is -0.791. The maximum absolute atomic E-state index is 13.2. The first-order chi connectivity index (χ1) is 12.2. The van der Waals surface area contributed by atoms with Crippen LogP contribution in [0.4, 0.5) is 8.78 Å². The van der Waals surface area contributed by atoms with Gasteiger partial charge in [0.05, 0.1) is 17.6 Å². The molecule has 0 spiro atoms. The van der Waals surface area contributed by atoms with E-state index in [1.54, 1.807) is 17.8 Å². The summed E-state index contributed by atoms with van der Waals surface area (Å²) in [5.41, 5.74) is 2.28. The van der Waals surface area contributed by atoms with Gasteiger partial charge in [-0.05, 0) is 49.1 Å². The molecular weight excluding hydrogens is 340 g/mol. The summed E-state index contributed by atoms with van der Waals surface area (Å²) in [6.07, 6.45) is 1.00. The molecule has 2 heterocycles. The fraction of sp³-hybridized carbons (Fsp3) is 0.316. The van der Waals surface area contributed by atoms with Gasteiger partial charge in [-0.1, -0.05) is 12.1 Å². The third kappa shape index (κ3) is 3.55. The molecule has 1 aromatic heterocycles. The largest absolute Gasteiger partial charge is 0.326 e. The van der Waals surface area contributed by atoms with Crippen molar-refractivity contribution in [3.63, 3.8) is 0 Å². The van der Waals surface area contributed by atoms with Crippen molar-refractivity contribution in [2.24, 2.45) is 0 Å². The van der Waals surface area contributed by atoms with Gasteiger partial charge < -0.3 is 4.57 Å². The summed E-state index contributed by atoms with van der Waals surface area (Å²) in [7, 11) is 0. The molecule has 0 bridgehead atoms. The van der Waals surface area contributed by atoms with Crippen LogP contribution >= 0.6 is 11.8 Å². The second-order valence-electron chi connectivity index (χ2n) is 6.22. The van der Waals surface area contributed by atoms with E-state index in [9.17, 15) is 8.78 Å². The quantitative estimate of drug-likeness (QED) is 0.500. The molecule has 3 nitrogen and oxygen atoms in total. The number of thioether (sulfide) groups is 1. The number of fused-ring (bicyclic) bond motifs is 3. The van der Waals surface area contributed by atoms with E-state index in [-0.39, 0.29) is 0 Å². The maximum atomic E-state index is 13.2. The van der Waals surface area contributed by atoms with E-state index in [4.69, 9.17) is 4.98 Å². The lowest BCUT2D eigenvalue weighted by Crippen LogP contribution is -2.34. The molecular formula is C19H19F2N3S. The summed E-state index contributed by atoms with van der Waals surface area (Å²) in [5, 5.41) is 0. The van der Waals surface area contributed by atoms with Crippen LogP contribution in [0.2, 0.25) is 0 Å². The van der Waals surface area contributed by atoms with Crippen LogP contribution in [-0.2, 0) is 13.1 Å². The van der Waals surface area contributed by atoms with Crippen LogP contribution in [0.1, 0.15) is 12.2 Å². The molecule has 4 rings (SSSR count). The average molecular weight is 359 g/mol. The molecule has 0 amide bonds. The highest BCUT2D eigenvalue weighted by atomic mass is 32.2. The van der Waals surface area contributed by atoms with E-state index in [0.29, 0.717) is 0 Å². The van der Waals surface area contributed by atoms with Gasteiger partial charge in [-0.15, -0.1) is 11.8 Å². The Morgan fingerprint density at radius 1 is 1.04 bits per heavy atom. The lowest BCUT2D eigenvalue weighted by Gasteiger charge is -2.27. The highest BCUT2D eigenvalue weighted by Gasteiger charge is 2.19. The first-order valence-corrected chi connectivity index (χ1v) is 9.43. The Labute approximate surface area is 149 Å². The van der Waals surface area contributed by atoms with Crippen LogP contribution in [0, 0.1) is 11.6 Å². The van der Waals surface area contributed by atoms with Gasteiger partial charge >= 0.3 is 0 Å². The van der Waals surface area contributed by atoms with Gasteiger partial charge in [-0.25, -0.2) is 13.8 Å². The number of rotatable bonds is 5. The summed E-state index contributed by atoms with van der Waals surface area (Å²) >= 11 is 1.57. The molecule has 1 aliphatic rings. The van der Waals surface area contributed by atoms with Crippen molar-refractivity contribution in [2.45, 2.75) is 24.4 Å². The molecule has 0 fully saturated rings. The van der Waals surface area contributed by atoms with E-state index < -0.39 is 11.6 Å². The normalized spacial score (nSPS) is 14.8. The Morgan fingerprint density at radius 2 is 1.92 bits per heavy atom. The highest BCUT2D eigenvalue weighted by Crippen LogP contribution is 2.23. The Bertz CT molecular complexity index is 894. The fourth-order valence-electron chi connectivity index (χ4n) is 3.25. The number of hydrogen-bond donors (Lipinski definition) is 0. The van der Waals surface area contributed by atoms with Crippen LogP contribution in [0.25, 0.3) is 11.0 Å². The number of nitrogens with zero attached hydrogens (tertiary/aromatic N) is 3. The molecule has 130 valence electrons. The Morgan fingerprint density at radius 3 is 2.80 bits per heavy atom. The number of imidazole rings is 1. The van der Waals surface area contributed by atoms with Gasteiger partial charge in [-0.2, -0.15) is 0 Å². The standard InChI is InChI=1S/C19H19F2N3S/c20-15-7-6-14(12-16(15)21)25-11-3-8-23-9-10-24-18-5-2-1-4-17(18)22-19(24)13-23/h1-2,4-7,12H,3,8-11,13H2. The molecule has 3 aromatic rings. The van der Waals surface area contributed by atoms with E-state index in [1.165, 1.54) is 17.6 Å². The van der Waals surface area contributed by atoms with Crippen LogP contribution in [-0.4, -0.2) is 33.3 Å². The third-order valence-corrected chi connectivity index (χ3v) is 5.60. The molecule has 0 atom stereocenters. The minimum Gasteiger partial charge on any atom is -0.326 e. The van der Waals surface area contributed by atoms with Crippen molar-refractivity contribution < 1.29 is 8.78 Å². The van der Waals surface area contributed by atoms with Gasteiger partial charge in [-0.3, -0.25) is 4.90 Å².